The van der Waals surface area contributed by atoms with Crippen LogP contribution in [0.4, 0.5) is 5.00 Å². The average Bonchev–Trinajstić information content (AvgIpc) is 3.54. The number of nitrogens with zero attached hydrogens (tertiary/aromatic N) is 3. The first kappa shape index (κ1) is 29.9. The third kappa shape index (κ3) is 6.28. The van der Waals surface area contributed by atoms with Gasteiger partial charge < -0.3 is 19.8 Å². The predicted octanol–water partition coefficient (Wildman–Crippen LogP) is 7.35. The van der Waals surface area contributed by atoms with Gasteiger partial charge in [-0.25, -0.2) is 4.98 Å². The lowest BCUT2D eigenvalue weighted by molar-refractivity contribution is -0.118. The number of anilines is 1. The van der Waals surface area contributed by atoms with Crippen molar-refractivity contribution in [2.75, 3.05) is 19.0 Å². The Morgan fingerprint density at radius 1 is 1.19 bits per heavy atom. The smallest absolute Gasteiger partial charge is 0.262 e. The van der Waals surface area contributed by atoms with Gasteiger partial charge in [-0.3, -0.25) is 4.79 Å². The highest BCUT2D eigenvalue weighted by Crippen LogP contribution is 2.44. The number of thiophene rings is 1. The van der Waals surface area contributed by atoms with Crippen LogP contribution in [0.5, 0.6) is 11.5 Å². The molecular formula is C34H35N5O3S. The Balaban J connectivity index is 1.28. The number of hydrogen-bond donors (Lipinski definition) is 2. The minimum atomic E-state index is -0.351. The molecule has 8 nitrogen and oxygen atoms in total. The Kier molecular flexibility index (Phi) is 8.30. The summed E-state index contributed by atoms with van der Waals surface area (Å²) in [5, 5.41) is 23.2. The average molecular weight is 594 g/mol. The van der Waals surface area contributed by atoms with E-state index >= 15 is 0 Å². The van der Waals surface area contributed by atoms with Gasteiger partial charge in [-0.1, -0.05) is 26.8 Å². The van der Waals surface area contributed by atoms with Crippen LogP contribution in [-0.4, -0.2) is 29.6 Å². The van der Waals surface area contributed by atoms with Crippen LogP contribution in [0.1, 0.15) is 65.7 Å². The number of aromatic nitrogens is 2. The number of carbonyl (C=O) groups is 1. The number of H-pyrrole nitrogens is 1. The number of amides is 1. The number of rotatable bonds is 7. The minimum Gasteiger partial charge on any atom is -0.493 e. The Morgan fingerprint density at radius 3 is 2.65 bits per heavy atom. The quantitative estimate of drug-likeness (QED) is 0.216. The number of carbonyl (C=O) groups excluding carboxylic acids is 1. The van der Waals surface area contributed by atoms with Crippen molar-refractivity contribution in [1.82, 2.24) is 9.97 Å². The topological polar surface area (TPSA) is 124 Å². The Hall–Kier alpha value is -4.60. The van der Waals surface area contributed by atoms with Gasteiger partial charge in [0.2, 0.25) is 0 Å². The molecule has 0 radical (unpaired) electrons. The van der Waals surface area contributed by atoms with Gasteiger partial charge in [0.25, 0.3) is 5.91 Å². The van der Waals surface area contributed by atoms with Crippen LogP contribution in [0.2, 0.25) is 0 Å². The molecule has 2 aromatic heterocycles. The van der Waals surface area contributed by atoms with Crippen molar-refractivity contribution < 1.29 is 14.3 Å². The zero-order chi connectivity index (χ0) is 30.9. The second-order valence-electron chi connectivity index (χ2n) is 12.1. The van der Waals surface area contributed by atoms with Gasteiger partial charge in [-0.05, 0) is 97.0 Å². The third-order valence-electron chi connectivity index (χ3n) is 8.19. The van der Waals surface area contributed by atoms with E-state index in [1.807, 2.05) is 26.0 Å². The van der Waals surface area contributed by atoms with E-state index in [9.17, 15) is 15.3 Å². The zero-order valence-electron chi connectivity index (χ0n) is 25.3. The summed E-state index contributed by atoms with van der Waals surface area (Å²) >= 11 is 1.50. The van der Waals surface area contributed by atoms with Gasteiger partial charge in [-0.15, -0.1) is 11.3 Å². The van der Waals surface area contributed by atoms with E-state index in [0.717, 1.165) is 52.5 Å². The first-order chi connectivity index (χ1) is 20.5. The molecule has 0 unspecified atom stereocenters. The molecule has 1 atom stereocenters. The number of methoxy groups -OCH3 is 1. The van der Waals surface area contributed by atoms with E-state index in [1.54, 1.807) is 24.3 Å². The number of nitrogens with one attached hydrogen (secondary N) is 2. The van der Waals surface area contributed by atoms with Crippen molar-refractivity contribution in [2.45, 2.75) is 53.9 Å². The maximum Gasteiger partial charge on any atom is 0.262 e. The molecule has 0 saturated carbocycles. The van der Waals surface area contributed by atoms with Gasteiger partial charge in [0.1, 0.15) is 23.0 Å². The Labute approximate surface area is 256 Å². The first-order valence-electron chi connectivity index (χ1n) is 14.2. The van der Waals surface area contributed by atoms with Crippen LogP contribution in [-0.2, 0) is 17.6 Å². The zero-order valence-corrected chi connectivity index (χ0v) is 26.2. The molecular weight excluding hydrogens is 558 g/mol. The fourth-order valence-electron chi connectivity index (χ4n) is 5.45. The van der Waals surface area contributed by atoms with Crippen molar-refractivity contribution in [2.24, 2.45) is 11.3 Å². The summed E-state index contributed by atoms with van der Waals surface area (Å²) in [5.41, 5.74) is 6.88. The second-order valence-corrected chi connectivity index (χ2v) is 13.2. The van der Waals surface area contributed by atoms with Gasteiger partial charge in [-0.2, -0.15) is 10.5 Å². The van der Waals surface area contributed by atoms with Crippen molar-refractivity contribution in [3.05, 3.63) is 68.9 Å². The van der Waals surface area contributed by atoms with Gasteiger partial charge in [0.05, 0.1) is 29.3 Å². The molecule has 2 heterocycles. The maximum atomic E-state index is 12.9. The standard InChI is InChI=1S/C34H35N5O3S/c1-19-11-26-27(12-20(19)2)38-32(37-26)22(16-35)13-21-7-10-28(29(14-21)41-6)42-18-31(40)39-33-25(17-36)24-9-8-23(34(3,4)5)15-30(24)43-33/h7,10-14,23H,8-9,15,18H2,1-6H3,(H,37,38)(H,39,40)/b22-13+/t23-/m1/s1. The SMILES string of the molecule is COc1cc(/C=C(\C#N)c2nc3cc(C)c(C)cc3[nH]2)ccc1OCC(=O)Nc1sc2c(c1C#N)CC[C@@H](C(C)(C)C)C2. The molecule has 0 saturated heterocycles. The number of benzene rings is 2. The van der Waals surface area contributed by atoms with E-state index < -0.39 is 0 Å². The maximum absolute atomic E-state index is 12.9. The van der Waals surface area contributed by atoms with Crippen molar-refractivity contribution in [3.8, 4) is 23.6 Å². The summed E-state index contributed by atoms with van der Waals surface area (Å²) in [6.07, 6.45) is 4.54. The number of fused-ring (bicyclic) bond motifs is 2. The first-order valence-corrected chi connectivity index (χ1v) is 15.1. The van der Waals surface area contributed by atoms with Crippen LogP contribution in [0.25, 0.3) is 22.7 Å². The Morgan fingerprint density at radius 2 is 1.95 bits per heavy atom. The molecule has 0 spiro atoms. The van der Waals surface area contributed by atoms with Gasteiger partial charge in [0, 0.05) is 4.88 Å². The normalized spacial score (nSPS) is 15.0. The predicted molar refractivity (Wildman–Crippen MR) is 170 cm³/mol. The molecule has 4 aromatic rings. The lowest BCUT2D eigenvalue weighted by Crippen LogP contribution is -2.26. The highest BCUT2D eigenvalue weighted by Gasteiger charge is 2.32. The summed E-state index contributed by atoms with van der Waals surface area (Å²) in [4.78, 5) is 21.9. The minimum absolute atomic E-state index is 0.193. The monoisotopic (exact) mass is 593 g/mol. The highest BCUT2D eigenvalue weighted by atomic mass is 32.1. The van der Waals surface area contributed by atoms with E-state index in [2.05, 4.69) is 48.2 Å². The van der Waals surface area contributed by atoms with Gasteiger partial charge >= 0.3 is 0 Å². The van der Waals surface area contributed by atoms with E-state index in [1.165, 1.54) is 23.3 Å². The van der Waals surface area contributed by atoms with Crippen LogP contribution in [0, 0.1) is 47.8 Å². The van der Waals surface area contributed by atoms with Crippen molar-refractivity contribution >= 4 is 44.9 Å². The van der Waals surface area contributed by atoms with Crippen LogP contribution in [0.3, 0.4) is 0 Å². The van der Waals surface area contributed by atoms with Gasteiger partial charge in [0.15, 0.2) is 18.1 Å². The molecule has 43 heavy (non-hydrogen) atoms. The number of imidazole rings is 1. The lowest BCUT2D eigenvalue weighted by atomic mass is 9.72. The van der Waals surface area contributed by atoms with E-state index in [4.69, 9.17) is 9.47 Å². The molecule has 9 heteroatoms. The molecule has 220 valence electrons. The summed E-state index contributed by atoms with van der Waals surface area (Å²) in [7, 11) is 1.52. The molecule has 0 fully saturated rings. The molecule has 1 amide bonds. The molecule has 1 aliphatic rings. The number of ether oxygens (including phenoxy) is 2. The Bertz CT molecular complexity index is 1790. The molecule has 2 aromatic carbocycles. The van der Waals surface area contributed by atoms with Crippen LogP contribution >= 0.6 is 11.3 Å². The molecule has 0 bridgehead atoms. The molecule has 2 N–H and O–H groups in total. The third-order valence-corrected chi connectivity index (χ3v) is 9.35. The van der Waals surface area contributed by atoms with Crippen molar-refractivity contribution in [1.29, 1.82) is 10.5 Å². The summed E-state index contributed by atoms with van der Waals surface area (Å²) < 4.78 is 11.3. The van der Waals surface area contributed by atoms with Crippen LogP contribution < -0.4 is 14.8 Å². The summed E-state index contributed by atoms with van der Waals surface area (Å²) in [6, 6.07) is 13.8. The molecule has 1 aliphatic carbocycles. The van der Waals surface area contributed by atoms with E-state index in [0.29, 0.717) is 39.4 Å². The fraction of sp³-hybridized carbons (Fsp3) is 0.353. The molecule has 0 aliphatic heterocycles. The highest BCUT2D eigenvalue weighted by molar-refractivity contribution is 7.16. The number of allylic oxidation sites excluding steroid dienone is 1. The lowest BCUT2D eigenvalue weighted by Gasteiger charge is -2.33. The number of aryl methyl sites for hydroxylation is 2. The summed E-state index contributed by atoms with van der Waals surface area (Å²) in [6.45, 7) is 10.6. The largest absolute Gasteiger partial charge is 0.493 e. The number of aromatic amines is 1. The molecule has 5 rings (SSSR count). The fourth-order valence-corrected chi connectivity index (χ4v) is 6.74. The summed E-state index contributed by atoms with van der Waals surface area (Å²) in [5.74, 6) is 1.49. The van der Waals surface area contributed by atoms with E-state index in [-0.39, 0.29) is 17.9 Å². The van der Waals surface area contributed by atoms with Crippen molar-refractivity contribution in [3.63, 3.8) is 0 Å². The number of nitriles is 2. The number of hydrogen-bond acceptors (Lipinski definition) is 7. The van der Waals surface area contributed by atoms with Crippen LogP contribution in [0.15, 0.2) is 30.3 Å². The second kappa shape index (κ2) is 11.9.